The molecule has 2 atom stereocenters. The molecule has 3 nitrogen and oxygen atoms in total. The summed E-state index contributed by atoms with van der Waals surface area (Å²) < 4.78 is 10.7. The van der Waals surface area contributed by atoms with Gasteiger partial charge in [0, 0.05) is 6.42 Å². The summed E-state index contributed by atoms with van der Waals surface area (Å²) in [5, 5.41) is 0. The van der Waals surface area contributed by atoms with E-state index in [4.69, 9.17) is 9.47 Å². The minimum Gasteiger partial charge on any atom is -0.432 e. The second kappa shape index (κ2) is 5.15. The molecule has 1 fully saturated rings. The molecule has 0 amide bonds. The Labute approximate surface area is 85.1 Å². The Bertz CT molecular complexity index is 223. The van der Waals surface area contributed by atoms with Gasteiger partial charge in [-0.2, -0.15) is 0 Å². The van der Waals surface area contributed by atoms with Crippen LogP contribution in [-0.2, 0) is 14.3 Å². The van der Waals surface area contributed by atoms with Gasteiger partial charge in [0.2, 0.25) is 6.29 Å². The van der Waals surface area contributed by atoms with Crippen molar-refractivity contribution in [1.29, 1.82) is 0 Å². The van der Waals surface area contributed by atoms with Gasteiger partial charge in [-0.3, -0.25) is 0 Å². The van der Waals surface area contributed by atoms with Crippen LogP contribution in [0.1, 0.15) is 39.5 Å². The lowest BCUT2D eigenvalue weighted by Gasteiger charge is -2.30. The Morgan fingerprint density at radius 2 is 1.93 bits per heavy atom. The maximum atomic E-state index is 11.4. The van der Waals surface area contributed by atoms with E-state index in [1.54, 1.807) is 0 Å². The van der Waals surface area contributed by atoms with Gasteiger partial charge in [-0.25, -0.2) is 4.79 Å². The van der Waals surface area contributed by atoms with E-state index in [2.05, 4.69) is 13.5 Å². The third-order valence-corrected chi connectivity index (χ3v) is 2.28. The van der Waals surface area contributed by atoms with E-state index in [0.717, 1.165) is 25.7 Å². The molecular formula is C11H18O3. The second-order valence-electron chi connectivity index (χ2n) is 3.56. The van der Waals surface area contributed by atoms with Crippen molar-refractivity contribution in [3.8, 4) is 0 Å². The van der Waals surface area contributed by atoms with Gasteiger partial charge in [-0.1, -0.05) is 33.3 Å². The van der Waals surface area contributed by atoms with E-state index < -0.39 is 0 Å². The molecule has 0 saturated carbocycles. The average Bonchev–Trinajstić information content (AvgIpc) is 2.14. The highest BCUT2D eigenvalue weighted by molar-refractivity contribution is 5.89. The van der Waals surface area contributed by atoms with Crippen molar-refractivity contribution < 1.29 is 14.3 Å². The SMILES string of the molecule is C=C1C(=O)O[C@H](CCC)O[C@@H]1CCC. The van der Waals surface area contributed by atoms with Gasteiger partial charge in [0.05, 0.1) is 11.7 Å². The maximum Gasteiger partial charge on any atom is 0.338 e. The van der Waals surface area contributed by atoms with Crippen LogP contribution in [0, 0.1) is 0 Å². The number of hydrogen-bond acceptors (Lipinski definition) is 3. The topological polar surface area (TPSA) is 35.5 Å². The number of carbonyl (C=O) groups excluding carboxylic acids is 1. The van der Waals surface area contributed by atoms with Gasteiger partial charge < -0.3 is 9.47 Å². The molecule has 14 heavy (non-hydrogen) atoms. The Morgan fingerprint density at radius 3 is 2.50 bits per heavy atom. The molecule has 80 valence electrons. The number of carbonyl (C=O) groups is 1. The normalized spacial score (nSPS) is 27.6. The molecule has 0 N–H and O–H groups in total. The molecule has 1 rings (SSSR count). The predicted octanol–water partition coefficient (Wildman–Crippen LogP) is 2.41. The van der Waals surface area contributed by atoms with Crippen LogP contribution < -0.4 is 0 Å². The summed E-state index contributed by atoms with van der Waals surface area (Å²) in [4.78, 5) is 11.4. The van der Waals surface area contributed by atoms with Gasteiger partial charge in [0.15, 0.2) is 0 Å². The van der Waals surface area contributed by atoms with Gasteiger partial charge in [-0.05, 0) is 6.42 Å². The first-order chi connectivity index (χ1) is 6.69. The Balaban J connectivity index is 2.56. The minimum atomic E-state index is -0.366. The van der Waals surface area contributed by atoms with Crippen LogP contribution in [-0.4, -0.2) is 18.4 Å². The van der Waals surface area contributed by atoms with E-state index in [0.29, 0.717) is 5.57 Å². The van der Waals surface area contributed by atoms with Crippen molar-refractivity contribution in [3.05, 3.63) is 12.2 Å². The number of cyclic esters (lactones) is 1. The van der Waals surface area contributed by atoms with Crippen LogP contribution in [0.25, 0.3) is 0 Å². The molecule has 3 heteroatoms. The molecule has 0 aromatic rings. The Hall–Kier alpha value is -0.830. The van der Waals surface area contributed by atoms with Crippen molar-refractivity contribution in [2.24, 2.45) is 0 Å². The summed E-state index contributed by atoms with van der Waals surface area (Å²) in [6, 6.07) is 0. The molecule has 0 radical (unpaired) electrons. The van der Waals surface area contributed by atoms with E-state index in [1.165, 1.54) is 0 Å². The van der Waals surface area contributed by atoms with Crippen molar-refractivity contribution >= 4 is 5.97 Å². The number of hydrogen-bond donors (Lipinski definition) is 0. The van der Waals surface area contributed by atoms with Crippen LogP contribution in [0.3, 0.4) is 0 Å². The summed E-state index contributed by atoms with van der Waals surface area (Å²) >= 11 is 0. The van der Waals surface area contributed by atoms with Crippen molar-refractivity contribution in [2.75, 3.05) is 0 Å². The van der Waals surface area contributed by atoms with E-state index in [1.807, 2.05) is 6.92 Å². The third kappa shape index (κ3) is 2.58. The smallest absolute Gasteiger partial charge is 0.338 e. The third-order valence-electron chi connectivity index (χ3n) is 2.28. The molecule has 0 bridgehead atoms. The van der Waals surface area contributed by atoms with Gasteiger partial charge >= 0.3 is 5.97 Å². The van der Waals surface area contributed by atoms with E-state index >= 15 is 0 Å². The summed E-state index contributed by atoms with van der Waals surface area (Å²) in [6.45, 7) is 7.79. The summed E-state index contributed by atoms with van der Waals surface area (Å²) in [6.07, 6.45) is 3.03. The summed E-state index contributed by atoms with van der Waals surface area (Å²) in [5.41, 5.74) is 0.458. The second-order valence-corrected chi connectivity index (χ2v) is 3.56. The molecule has 0 aromatic heterocycles. The fraction of sp³-hybridized carbons (Fsp3) is 0.727. The fourth-order valence-electron chi connectivity index (χ4n) is 1.49. The molecular weight excluding hydrogens is 180 g/mol. The van der Waals surface area contributed by atoms with E-state index in [-0.39, 0.29) is 18.4 Å². The van der Waals surface area contributed by atoms with Gasteiger partial charge in [-0.15, -0.1) is 0 Å². The molecule has 1 aliphatic heterocycles. The average molecular weight is 198 g/mol. The predicted molar refractivity (Wildman–Crippen MR) is 53.7 cm³/mol. The van der Waals surface area contributed by atoms with E-state index in [9.17, 15) is 4.79 Å². The lowest BCUT2D eigenvalue weighted by molar-refractivity contribution is -0.202. The first kappa shape index (κ1) is 11.2. The lowest BCUT2D eigenvalue weighted by Crippen LogP contribution is -2.37. The first-order valence-corrected chi connectivity index (χ1v) is 5.24. The number of esters is 1. The number of ether oxygens (including phenoxy) is 2. The van der Waals surface area contributed by atoms with Crippen LogP contribution in [0.15, 0.2) is 12.2 Å². The summed E-state index contributed by atoms with van der Waals surface area (Å²) in [7, 11) is 0. The zero-order chi connectivity index (χ0) is 10.6. The Kier molecular flexibility index (Phi) is 4.14. The van der Waals surface area contributed by atoms with Crippen LogP contribution in [0.4, 0.5) is 0 Å². The van der Waals surface area contributed by atoms with Crippen molar-refractivity contribution in [2.45, 2.75) is 51.9 Å². The lowest BCUT2D eigenvalue weighted by atomic mass is 10.1. The first-order valence-electron chi connectivity index (χ1n) is 5.24. The zero-order valence-corrected chi connectivity index (χ0v) is 8.91. The van der Waals surface area contributed by atoms with Crippen LogP contribution >= 0.6 is 0 Å². The van der Waals surface area contributed by atoms with Crippen molar-refractivity contribution in [3.63, 3.8) is 0 Å². The quantitative estimate of drug-likeness (QED) is 0.514. The molecule has 0 unspecified atom stereocenters. The standard InChI is InChI=1S/C11H18O3/c1-4-6-9-8(3)11(12)14-10(13-9)7-5-2/h9-10H,3-7H2,1-2H3/t9-,10-/m1/s1. The van der Waals surface area contributed by atoms with Gasteiger partial charge in [0.25, 0.3) is 0 Å². The highest BCUT2D eigenvalue weighted by atomic mass is 16.7. The van der Waals surface area contributed by atoms with Gasteiger partial charge in [0.1, 0.15) is 0 Å². The highest BCUT2D eigenvalue weighted by Gasteiger charge is 2.31. The fourth-order valence-corrected chi connectivity index (χ4v) is 1.49. The molecule has 1 aliphatic rings. The van der Waals surface area contributed by atoms with Crippen LogP contribution in [0.2, 0.25) is 0 Å². The minimum absolute atomic E-state index is 0.141. The monoisotopic (exact) mass is 198 g/mol. The molecule has 1 saturated heterocycles. The largest absolute Gasteiger partial charge is 0.432 e. The molecule has 0 aromatic carbocycles. The summed E-state index contributed by atoms with van der Waals surface area (Å²) in [5.74, 6) is -0.298. The molecule has 0 spiro atoms. The number of rotatable bonds is 4. The molecule has 0 aliphatic carbocycles. The molecule has 1 heterocycles. The zero-order valence-electron chi connectivity index (χ0n) is 8.91. The highest BCUT2D eigenvalue weighted by Crippen LogP contribution is 2.23. The van der Waals surface area contributed by atoms with Crippen LogP contribution in [0.5, 0.6) is 0 Å². The van der Waals surface area contributed by atoms with Crippen molar-refractivity contribution in [1.82, 2.24) is 0 Å². The Morgan fingerprint density at radius 1 is 1.29 bits per heavy atom. The maximum absolute atomic E-state index is 11.4.